The number of para-hydroxylation sites is 1. The van der Waals surface area contributed by atoms with Gasteiger partial charge in [-0.05, 0) is 62.9 Å². The third-order valence-corrected chi connectivity index (χ3v) is 7.78. The molecule has 0 amide bonds. The number of alkyl halides is 3. The van der Waals surface area contributed by atoms with Gasteiger partial charge in [0.1, 0.15) is 23.5 Å². The summed E-state index contributed by atoms with van der Waals surface area (Å²) in [4.78, 5) is 7.09. The summed E-state index contributed by atoms with van der Waals surface area (Å²) >= 11 is 0. The summed E-state index contributed by atoms with van der Waals surface area (Å²) in [6.45, 7) is 5.83. The van der Waals surface area contributed by atoms with Crippen LogP contribution in [0.1, 0.15) is 61.8 Å². The standard InChI is InChI=1S/C29H34F5N3/c1-17-11-21-20-7-4-5-8-24(20)35-27(21)28(37(17)16-29(2,3)34)25-22(31)12-18(13-23(25)32)26(33)19-14-36(15-19)10-6-9-30/h4-5,7-8,12-13,17,19,26,28,35H,6,9-11,14-16H2,1-3H3/t17-,26-,28?/m1/s1. The van der Waals surface area contributed by atoms with Crippen molar-refractivity contribution in [1.29, 1.82) is 0 Å². The van der Waals surface area contributed by atoms with E-state index in [1.807, 2.05) is 36.1 Å². The molecule has 2 aromatic carbocycles. The Balaban J connectivity index is 1.52. The van der Waals surface area contributed by atoms with Crippen LogP contribution in [0.25, 0.3) is 10.9 Å². The first-order chi connectivity index (χ1) is 17.6. The van der Waals surface area contributed by atoms with Gasteiger partial charge < -0.3 is 9.88 Å². The van der Waals surface area contributed by atoms with Crippen molar-refractivity contribution in [2.45, 2.75) is 57.5 Å². The van der Waals surface area contributed by atoms with Crippen LogP contribution in [0.4, 0.5) is 22.0 Å². The highest BCUT2D eigenvalue weighted by atomic mass is 19.2. The number of nitrogens with one attached hydrogen (secondary N) is 1. The molecule has 200 valence electrons. The molecule has 1 saturated heterocycles. The number of likely N-dealkylation sites (tertiary alicyclic amines) is 1. The molecule has 0 radical (unpaired) electrons. The SMILES string of the molecule is C[C@@H]1Cc2c([nH]c3ccccc23)C(c2c(F)cc([C@@H](F)C3CN(CCCF)C3)cc2F)N1CC(C)(C)F. The van der Waals surface area contributed by atoms with Crippen LogP contribution in [0.5, 0.6) is 0 Å². The van der Waals surface area contributed by atoms with Gasteiger partial charge in [0, 0.05) is 60.3 Å². The Morgan fingerprint density at radius 2 is 1.78 bits per heavy atom. The van der Waals surface area contributed by atoms with Crippen LogP contribution in [-0.2, 0) is 6.42 Å². The van der Waals surface area contributed by atoms with Crippen molar-refractivity contribution in [2.24, 2.45) is 5.92 Å². The lowest BCUT2D eigenvalue weighted by molar-refractivity contribution is 0.0360. The maximum atomic E-state index is 15.8. The molecule has 0 bridgehead atoms. The van der Waals surface area contributed by atoms with E-state index in [1.165, 1.54) is 13.8 Å². The van der Waals surface area contributed by atoms with E-state index in [1.54, 1.807) is 4.90 Å². The molecule has 0 saturated carbocycles. The summed E-state index contributed by atoms with van der Waals surface area (Å²) in [6, 6.07) is 8.82. The zero-order valence-corrected chi connectivity index (χ0v) is 21.5. The second-order valence-corrected chi connectivity index (χ2v) is 11.3. The van der Waals surface area contributed by atoms with E-state index in [0.29, 0.717) is 38.2 Å². The Bertz CT molecular complexity index is 1240. The van der Waals surface area contributed by atoms with Crippen LogP contribution >= 0.6 is 0 Å². The Labute approximate surface area is 214 Å². The van der Waals surface area contributed by atoms with Crippen molar-refractivity contribution in [3.05, 3.63) is 70.4 Å². The third kappa shape index (κ3) is 5.02. The number of hydrogen-bond acceptors (Lipinski definition) is 2. The molecule has 1 aromatic heterocycles. The van der Waals surface area contributed by atoms with Gasteiger partial charge in [0.05, 0.1) is 12.7 Å². The highest BCUT2D eigenvalue weighted by Crippen LogP contribution is 2.44. The van der Waals surface area contributed by atoms with Gasteiger partial charge in [-0.25, -0.2) is 17.6 Å². The molecule has 0 aliphatic carbocycles. The average Bonchev–Trinajstić information content (AvgIpc) is 3.16. The zero-order valence-electron chi connectivity index (χ0n) is 21.5. The maximum absolute atomic E-state index is 15.8. The van der Waals surface area contributed by atoms with E-state index in [0.717, 1.165) is 28.6 Å². The second kappa shape index (κ2) is 10.0. The molecule has 3 atom stereocenters. The van der Waals surface area contributed by atoms with Gasteiger partial charge >= 0.3 is 0 Å². The molecule has 3 aromatic rings. The molecule has 2 aliphatic rings. The first-order valence-corrected chi connectivity index (χ1v) is 13.0. The average molecular weight is 520 g/mol. The van der Waals surface area contributed by atoms with Gasteiger partial charge in [0.15, 0.2) is 0 Å². The molecule has 2 aliphatic heterocycles. The predicted octanol–water partition coefficient (Wildman–Crippen LogP) is 6.83. The molecule has 1 fully saturated rings. The second-order valence-electron chi connectivity index (χ2n) is 11.3. The topological polar surface area (TPSA) is 22.3 Å². The number of benzene rings is 2. The summed E-state index contributed by atoms with van der Waals surface area (Å²) < 4.78 is 74.1. The molecule has 0 spiro atoms. The quantitative estimate of drug-likeness (QED) is 0.330. The van der Waals surface area contributed by atoms with Gasteiger partial charge in [-0.2, -0.15) is 0 Å². The summed E-state index contributed by atoms with van der Waals surface area (Å²) in [6.07, 6.45) is -0.515. The zero-order chi connectivity index (χ0) is 26.5. The maximum Gasteiger partial charge on any atom is 0.131 e. The van der Waals surface area contributed by atoms with Crippen molar-refractivity contribution in [3.8, 4) is 0 Å². The predicted molar refractivity (Wildman–Crippen MR) is 136 cm³/mol. The van der Waals surface area contributed by atoms with Gasteiger partial charge in [-0.3, -0.25) is 9.29 Å². The third-order valence-electron chi connectivity index (χ3n) is 7.78. The van der Waals surface area contributed by atoms with Gasteiger partial charge in [-0.15, -0.1) is 0 Å². The highest BCUT2D eigenvalue weighted by molar-refractivity contribution is 5.85. The van der Waals surface area contributed by atoms with Crippen molar-refractivity contribution in [3.63, 3.8) is 0 Å². The van der Waals surface area contributed by atoms with Crippen LogP contribution < -0.4 is 0 Å². The molecule has 3 heterocycles. The van der Waals surface area contributed by atoms with E-state index in [2.05, 4.69) is 4.98 Å². The van der Waals surface area contributed by atoms with Gasteiger partial charge in [-0.1, -0.05) is 18.2 Å². The van der Waals surface area contributed by atoms with Crippen molar-refractivity contribution in [2.75, 3.05) is 32.9 Å². The lowest BCUT2D eigenvalue weighted by Gasteiger charge is -2.43. The first kappa shape index (κ1) is 26.2. The molecule has 8 heteroatoms. The van der Waals surface area contributed by atoms with E-state index in [9.17, 15) is 8.78 Å². The number of H-pyrrole nitrogens is 1. The van der Waals surface area contributed by atoms with Crippen LogP contribution in [0.15, 0.2) is 36.4 Å². The first-order valence-electron chi connectivity index (χ1n) is 13.0. The Morgan fingerprint density at radius 3 is 2.43 bits per heavy atom. The Hall–Kier alpha value is -2.45. The van der Waals surface area contributed by atoms with Crippen molar-refractivity contribution < 1.29 is 22.0 Å². The molecule has 1 N–H and O–H groups in total. The minimum atomic E-state index is -1.59. The number of hydrogen-bond donors (Lipinski definition) is 1. The van der Waals surface area contributed by atoms with Crippen LogP contribution in [0.2, 0.25) is 0 Å². The summed E-state index contributed by atoms with van der Waals surface area (Å²) in [7, 11) is 0. The minimum Gasteiger partial charge on any atom is -0.357 e. The van der Waals surface area contributed by atoms with Crippen LogP contribution in [0, 0.1) is 17.6 Å². The monoisotopic (exact) mass is 519 g/mol. The number of nitrogens with zero attached hydrogens (tertiary/aromatic N) is 2. The number of aromatic nitrogens is 1. The van der Waals surface area contributed by atoms with E-state index >= 15 is 13.2 Å². The lowest BCUT2D eigenvalue weighted by atomic mass is 9.85. The smallest absolute Gasteiger partial charge is 0.131 e. The number of halogens is 5. The molecule has 1 unspecified atom stereocenters. The molecule has 37 heavy (non-hydrogen) atoms. The molecule has 5 rings (SSSR count). The summed E-state index contributed by atoms with van der Waals surface area (Å²) in [5.41, 5.74) is 0.647. The fourth-order valence-electron chi connectivity index (χ4n) is 6.06. The molecular formula is C29H34F5N3. The molecular weight excluding hydrogens is 485 g/mol. The lowest BCUT2D eigenvalue weighted by Crippen LogP contribution is -2.49. The van der Waals surface area contributed by atoms with E-state index < -0.39 is 36.2 Å². The Kier molecular flexibility index (Phi) is 7.09. The molecule has 3 nitrogen and oxygen atoms in total. The fraction of sp³-hybridized carbons (Fsp3) is 0.517. The van der Waals surface area contributed by atoms with Gasteiger partial charge in [0.25, 0.3) is 0 Å². The fourth-order valence-corrected chi connectivity index (χ4v) is 6.06. The van der Waals surface area contributed by atoms with Gasteiger partial charge in [0.2, 0.25) is 0 Å². The number of aromatic amines is 1. The number of rotatable bonds is 8. The van der Waals surface area contributed by atoms with Crippen LogP contribution in [-0.4, -0.2) is 59.3 Å². The summed E-state index contributed by atoms with van der Waals surface area (Å²) in [5.74, 6) is -2.06. The minimum absolute atomic E-state index is 0.0171. The number of fused-ring (bicyclic) bond motifs is 3. The highest BCUT2D eigenvalue weighted by Gasteiger charge is 2.42. The summed E-state index contributed by atoms with van der Waals surface area (Å²) in [5, 5.41) is 0.983. The largest absolute Gasteiger partial charge is 0.357 e. The van der Waals surface area contributed by atoms with E-state index in [-0.39, 0.29) is 29.6 Å². The van der Waals surface area contributed by atoms with E-state index in [4.69, 9.17) is 0 Å². The normalized spacial score (nSPS) is 22.3. The van der Waals surface area contributed by atoms with Crippen molar-refractivity contribution >= 4 is 10.9 Å². The Morgan fingerprint density at radius 1 is 1.11 bits per heavy atom. The van der Waals surface area contributed by atoms with Crippen LogP contribution in [0.3, 0.4) is 0 Å². The van der Waals surface area contributed by atoms with Crippen molar-refractivity contribution in [1.82, 2.24) is 14.8 Å².